The lowest BCUT2D eigenvalue weighted by Crippen LogP contribution is -2.29. The number of halogens is 2. The second kappa shape index (κ2) is 8.60. The molecular formula is C25H22Cl2N4O3. The van der Waals surface area contributed by atoms with Gasteiger partial charge in [0.2, 0.25) is 0 Å². The van der Waals surface area contributed by atoms with E-state index < -0.39 is 17.9 Å². The Morgan fingerprint density at radius 1 is 0.971 bits per heavy atom. The molecule has 9 heteroatoms. The summed E-state index contributed by atoms with van der Waals surface area (Å²) in [5.74, 6) is -0.958. The topological polar surface area (TPSA) is 90.4 Å². The minimum absolute atomic E-state index is 0.263. The highest BCUT2D eigenvalue weighted by molar-refractivity contribution is 6.51. The highest BCUT2D eigenvalue weighted by Crippen LogP contribution is 2.39. The van der Waals surface area contributed by atoms with Crippen LogP contribution in [0.3, 0.4) is 0 Å². The maximum atomic E-state index is 13.1. The van der Waals surface area contributed by atoms with Crippen LogP contribution in [0.15, 0.2) is 48.8 Å². The molecule has 0 spiro atoms. The lowest BCUT2D eigenvalue weighted by Gasteiger charge is -2.17. The Morgan fingerprint density at radius 3 is 2.32 bits per heavy atom. The van der Waals surface area contributed by atoms with Crippen LogP contribution in [-0.2, 0) is 16.1 Å². The molecule has 4 aromatic rings. The third-order valence-electron chi connectivity index (χ3n) is 5.94. The first kappa shape index (κ1) is 22.7. The Hall–Kier alpha value is -3.10. The van der Waals surface area contributed by atoms with E-state index in [-0.39, 0.29) is 11.1 Å². The largest absolute Gasteiger partial charge is 0.390 e. The van der Waals surface area contributed by atoms with Gasteiger partial charge in [0, 0.05) is 68.5 Å². The van der Waals surface area contributed by atoms with Crippen molar-refractivity contribution < 1.29 is 14.7 Å². The number of nitrogens with zero attached hydrogens (tertiary/aromatic N) is 2. The number of hydrogen-bond acceptors (Lipinski definition) is 4. The summed E-state index contributed by atoms with van der Waals surface area (Å²) in [4.78, 5) is 31.1. The molecule has 2 amide bonds. The molecule has 0 fully saturated rings. The molecule has 174 valence electrons. The van der Waals surface area contributed by atoms with Gasteiger partial charge in [0.25, 0.3) is 11.8 Å². The van der Waals surface area contributed by atoms with Gasteiger partial charge < -0.3 is 19.6 Å². The molecule has 0 radical (unpaired) electrons. The van der Waals surface area contributed by atoms with Gasteiger partial charge in [-0.25, -0.2) is 0 Å². The number of likely N-dealkylation sites (N-methyl/N-ethyl adjacent to an activating group) is 1. The third kappa shape index (κ3) is 3.91. The van der Waals surface area contributed by atoms with Crippen molar-refractivity contribution in [2.24, 2.45) is 0 Å². The van der Waals surface area contributed by atoms with Crippen LogP contribution >= 0.6 is 23.2 Å². The van der Waals surface area contributed by atoms with Crippen molar-refractivity contribution in [3.63, 3.8) is 0 Å². The monoisotopic (exact) mass is 496 g/mol. The molecule has 2 aromatic carbocycles. The zero-order valence-corrected chi connectivity index (χ0v) is 20.0. The summed E-state index contributed by atoms with van der Waals surface area (Å²) in [5, 5.41) is 15.5. The van der Waals surface area contributed by atoms with Crippen LogP contribution in [-0.4, -0.2) is 58.1 Å². The number of H-pyrrole nitrogens is 1. The summed E-state index contributed by atoms with van der Waals surface area (Å²) in [7, 11) is 3.78. The van der Waals surface area contributed by atoms with E-state index in [1.165, 1.54) is 0 Å². The van der Waals surface area contributed by atoms with Gasteiger partial charge in [0.15, 0.2) is 0 Å². The van der Waals surface area contributed by atoms with E-state index in [0.717, 1.165) is 21.8 Å². The van der Waals surface area contributed by atoms with Gasteiger partial charge in [0.1, 0.15) is 0 Å². The van der Waals surface area contributed by atoms with E-state index in [2.05, 4.69) is 10.3 Å². The minimum Gasteiger partial charge on any atom is -0.390 e. The predicted octanol–water partition coefficient (Wildman–Crippen LogP) is 3.92. The number of hydrogen-bond donors (Lipinski definition) is 3. The smallest absolute Gasteiger partial charge is 0.259 e. The first-order chi connectivity index (χ1) is 16.2. The maximum absolute atomic E-state index is 13.1. The molecule has 0 bridgehead atoms. The second-order valence-corrected chi connectivity index (χ2v) is 9.57. The number of aromatic amines is 1. The molecular weight excluding hydrogens is 475 g/mol. The first-order valence-electron chi connectivity index (χ1n) is 10.7. The van der Waals surface area contributed by atoms with Crippen molar-refractivity contribution in [1.82, 2.24) is 19.8 Å². The molecule has 1 aliphatic rings. The quantitative estimate of drug-likeness (QED) is 0.353. The number of nitrogens with one attached hydrogen (secondary N) is 2. The molecule has 3 heterocycles. The van der Waals surface area contributed by atoms with Crippen LogP contribution in [0.5, 0.6) is 0 Å². The van der Waals surface area contributed by atoms with Crippen molar-refractivity contribution in [1.29, 1.82) is 0 Å². The van der Waals surface area contributed by atoms with Crippen molar-refractivity contribution in [2.45, 2.75) is 12.6 Å². The lowest BCUT2D eigenvalue weighted by atomic mass is 9.95. The summed E-state index contributed by atoms with van der Waals surface area (Å²) >= 11 is 12.5. The number of rotatable bonds is 6. The van der Waals surface area contributed by atoms with Crippen LogP contribution in [0.4, 0.5) is 0 Å². The van der Waals surface area contributed by atoms with E-state index in [1.807, 2.05) is 35.7 Å². The van der Waals surface area contributed by atoms with Gasteiger partial charge in [-0.2, -0.15) is 0 Å². The van der Waals surface area contributed by atoms with Crippen molar-refractivity contribution in [2.75, 3.05) is 20.6 Å². The molecule has 0 saturated heterocycles. The van der Waals surface area contributed by atoms with Crippen LogP contribution < -0.4 is 5.32 Å². The summed E-state index contributed by atoms with van der Waals surface area (Å²) in [6.45, 7) is 0.794. The molecule has 34 heavy (non-hydrogen) atoms. The zero-order chi connectivity index (χ0) is 24.1. The van der Waals surface area contributed by atoms with Gasteiger partial charge in [-0.05, 0) is 50.5 Å². The number of aliphatic hydroxyl groups excluding tert-OH is 1. The van der Waals surface area contributed by atoms with Crippen molar-refractivity contribution in [3.05, 3.63) is 70.0 Å². The molecule has 1 aliphatic heterocycles. The van der Waals surface area contributed by atoms with Crippen LogP contribution in [0.1, 0.15) is 11.1 Å². The van der Waals surface area contributed by atoms with Gasteiger partial charge >= 0.3 is 0 Å². The Balaban J connectivity index is 1.74. The fraction of sp³-hybridized carbons (Fsp3) is 0.200. The summed E-state index contributed by atoms with van der Waals surface area (Å²) in [6.07, 6.45) is 2.88. The van der Waals surface area contributed by atoms with Gasteiger partial charge in [-0.1, -0.05) is 23.2 Å². The van der Waals surface area contributed by atoms with Crippen LogP contribution in [0.25, 0.3) is 33.0 Å². The van der Waals surface area contributed by atoms with Crippen molar-refractivity contribution in [3.8, 4) is 0 Å². The molecule has 1 unspecified atom stereocenters. The number of aromatic nitrogens is 2. The standard InChI is InChI=1S/C25H22Cl2N4O3/c1-30(2)10-15(32)11-31-12-19(17-8-14(27)4-6-21(17)31)23-22(24(33)29-25(23)34)18-9-28-20-5-3-13(26)7-16(18)20/h3-9,12,15,28,32H,10-11H2,1-2H3,(H,29,33,34). The SMILES string of the molecule is CN(C)CC(O)Cn1cc(C2=C(c3c[nH]c4ccc(Cl)cc34)C(=O)NC2=O)c2cc(Cl)ccc21. The summed E-state index contributed by atoms with van der Waals surface area (Å²) in [6, 6.07) is 10.7. The van der Waals surface area contributed by atoms with Gasteiger partial charge in [0.05, 0.1) is 17.3 Å². The minimum atomic E-state index is -0.627. The summed E-state index contributed by atoms with van der Waals surface area (Å²) < 4.78 is 1.89. The normalized spacial score (nSPS) is 15.2. The molecule has 1 atom stereocenters. The number of carbonyl (C=O) groups is 2. The molecule has 0 saturated carbocycles. The Morgan fingerprint density at radius 2 is 1.62 bits per heavy atom. The van der Waals surface area contributed by atoms with Crippen LogP contribution in [0, 0.1) is 0 Å². The fourth-order valence-electron chi connectivity index (χ4n) is 4.59. The number of fused-ring (bicyclic) bond motifs is 2. The molecule has 2 aromatic heterocycles. The van der Waals surface area contributed by atoms with E-state index in [1.54, 1.807) is 36.7 Å². The lowest BCUT2D eigenvalue weighted by molar-refractivity contribution is -0.122. The molecule has 7 nitrogen and oxygen atoms in total. The third-order valence-corrected chi connectivity index (χ3v) is 6.41. The predicted molar refractivity (Wildman–Crippen MR) is 135 cm³/mol. The van der Waals surface area contributed by atoms with Gasteiger partial charge in [-0.3, -0.25) is 14.9 Å². The second-order valence-electron chi connectivity index (χ2n) is 8.70. The van der Waals surface area contributed by atoms with E-state index in [0.29, 0.717) is 34.3 Å². The number of carbonyl (C=O) groups excluding carboxylic acids is 2. The van der Waals surface area contributed by atoms with Crippen LogP contribution in [0.2, 0.25) is 10.0 Å². The van der Waals surface area contributed by atoms with Crippen molar-refractivity contribution >= 4 is 68.0 Å². The molecule has 0 aliphatic carbocycles. The highest BCUT2D eigenvalue weighted by Gasteiger charge is 2.35. The molecule has 5 rings (SSSR count). The average Bonchev–Trinajstić information content (AvgIpc) is 3.40. The zero-order valence-electron chi connectivity index (χ0n) is 18.5. The number of imide groups is 1. The molecule has 3 N–H and O–H groups in total. The highest BCUT2D eigenvalue weighted by atomic mass is 35.5. The number of benzene rings is 2. The Kier molecular flexibility index (Phi) is 5.73. The maximum Gasteiger partial charge on any atom is 0.259 e. The Bertz CT molecular complexity index is 1500. The fourth-order valence-corrected chi connectivity index (χ4v) is 4.94. The van der Waals surface area contributed by atoms with E-state index in [9.17, 15) is 14.7 Å². The van der Waals surface area contributed by atoms with E-state index in [4.69, 9.17) is 23.2 Å². The van der Waals surface area contributed by atoms with Gasteiger partial charge in [-0.15, -0.1) is 0 Å². The first-order valence-corrected chi connectivity index (χ1v) is 11.5. The summed E-state index contributed by atoms with van der Waals surface area (Å²) in [5.41, 5.74) is 3.30. The number of amides is 2. The van der Waals surface area contributed by atoms with E-state index >= 15 is 0 Å². The average molecular weight is 497 g/mol. The number of aliphatic hydroxyl groups is 1. The Labute approximate surface area is 205 Å².